The van der Waals surface area contributed by atoms with E-state index in [1.807, 2.05) is 13.8 Å². The summed E-state index contributed by atoms with van der Waals surface area (Å²) in [6, 6.07) is 4.05. The minimum atomic E-state index is -0.908. The van der Waals surface area contributed by atoms with Gasteiger partial charge in [0.15, 0.2) is 5.16 Å². The first-order valence-electron chi connectivity index (χ1n) is 9.21. The molecule has 0 radical (unpaired) electrons. The van der Waals surface area contributed by atoms with E-state index in [4.69, 9.17) is 17.3 Å². The Hall–Kier alpha value is -2.06. The van der Waals surface area contributed by atoms with Crippen LogP contribution >= 0.6 is 23.4 Å². The zero-order chi connectivity index (χ0) is 20.8. The monoisotopic (exact) mass is 424 g/mol. The third-order valence-corrected chi connectivity index (χ3v) is 5.98. The number of rotatable bonds is 8. The molecule has 152 valence electrons. The largest absolute Gasteiger partial charge is 0.351 e. The molecule has 0 spiro atoms. The molecule has 1 atom stereocenters. The average molecular weight is 425 g/mol. The molecule has 3 N–H and O–H groups in total. The van der Waals surface area contributed by atoms with Gasteiger partial charge in [-0.25, -0.2) is 9.78 Å². The highest BCUT2D eigenvalue weighted by Crippen LogP contribution is 2.28. The maximum absolute atomic E-state index is 13.0. The maximum Gasteiger partial charge on any atom is 0.318 e. The molecule has 1 aromatic carbocycles. The summed E-state index contributed by atoms with van der Waals surface area (Å²) in [4.78, 5) is 41.1. The van der Waals surface area contributed by atoms with Gasteiger partial charge in [0.25, 0.3) is 5.56 Å². The molecule has 9 heteroatoms. The summed E-state index contributed by atoms with van der Waals surface area (Å²) in [5, 5.41) is 2.87. The van der Waals surface area contributed by atoms with E-state index in [0.717, 1.165) is 31.0 Å². The van der Waals surface area contributed by atoms with Crippen molar-refractivity contribution in [2.24, 2.45) is 11.7 Å². The van der Waals surface area contributed by atoms with Crippen molar-refractivity contribution in [2.45, 2.75) is 57.0 Å². The predicted molar refractivity (Wildman–Crippen MR) is 113 cm³/mol. The number of primary amides is 1. The zero-order valence-corrected chi connectivity index (χ0v) is 17.8. The van der Waals surface area contributed by atoms with Gasteiger partial charge in [-0.15, -0.1) is 0 Å². The smallest absolute Gasteiger partial charge is 0.318 e. The summed E-state index contributed by atoms with van der Waals surface area (Å²) in [7, 11) is 0. The van der Waals surface area contributed by atoms with Crippen LogP contribution in [0.25, 0.3) is 10.9 Å². The summed E-state index contributed by atoms with van der Waals surface area (Å²) in [6.45, 7) is 6.30. The summed E-state index contributed by atoms with van der Waals surface area (Å²) in [5.41, 5.74) is 5.39. The van der Waals surface area contributed by atoms with Gasteiger partial charge >= 0.3 is 6.03 Å². The van der Waals surface area contributed by atoms with Crippen LogP contribution < -0.4 is 16.6 Å². The van der Waals surface area contributed by atoms with Crippen LogP contribution in [0.2, 0.25) is 5.02 Å². The van der Waals surface area contributed by atoms with Crippen LogP contribution in [0, 0.1) is 5.92 Å². The Morgan fingerprint density at radius 3 is 2.64 bits per heavy atom. The lowest BCUT2D eigenvalue weighted by Gasteiger charge is -2.21. The van der Waals surface area contributed by atoms with Crippen molar-refractivity contribution in [1.82, 2.24) is 14.9 Å². The summed E-state index contributed by atoms with van der Waals surface area (Å²) in [6.07, 6.45) is 2.82. The van der Waals surface area contributed by atoms with Gasteiger partial charge in [-0.05, 0) is 30.5 Å². The number of hydrogen-bond donors (Lipinski definition) is 2. The Labute approximate surface area is 173 Å². The van der Waals surface area contributed by atoms with Gasteiger partial charge in [0.05, 0.1) is 16.2 Å². The number of thioether (sulfide) groups is 1. The van der Waals surface area contributed by atoms with Gasteiger partial charge in [0.1, 0.15) is 0 Å². The minimum Gasteiger partial charge on any atom is -0.351 e. The Morgan fingerprint density at radius 1 is 1.32 bits per heavy atom. The number of halogens is 1. The van der Waals surface area contributed by atoms with Crippen LogP contribution in [0.4, 0.5) is 4.79 Å². The van der Waals surface area contributed by atoms with E-state index in [0.29, 0.717) is 27.6 Å². The topological polar surface area (TPSA) is 107 Å². The van der Waals surface area contributed by atoms with Crippen molar-refractivity contribution in [3.8, 4) is 0 Å². The van der Waals surface area contributed by atoms with Crippen LogP contribution in [0.1, 0.15) is 40.0 Å². The van der Waals surface area contributed by atoms with E-state index in [1.54, 1.807) is 22.8 Å². The molecule has 0 aliphatic carbocycles. The van der Waals surface area contributed by atoms with Crippen LogP contribution in [-0.2, 0) is 11.3 Å². The number of aromatic nitrogens is 2. The molecule has 3 amide bonds. The number of nitrogens with one attached hydrogen (secondary N) is 1. The van der Waals surface area contributed by atoms with Crippen molar-refractivity contribution in [3.05, 3.63) is 33.6 Å². The van der Waals surface area contributed by atoms with Gasteiger partial charge in [0.2, 0.25) is 5.91 Å². The Kier molecular flexibility index (Phi) is 7.88. The van der Waals surface area contributed by atoms with Crippen molar-refractivity contribution in [2.75, 3.05) is 0 Å². The molecule has 0 bridgehead atoms. The number of imide groups is 1. The van der Waals surface area contributed by atoms with Gasteiger partial charge < -0.3 is 5.73 Å². The van der Waals surface area contributed by atoms with Gasteiger partial charge in [-0.1, -0.05) is 57.0 Å². The zero-order valence-electron chi connectivity index (χ0n) is 16.2. The van der Waals surface area contributed by atoms with E-state index in [1.165, 1.54) is 0 Å². The highest BCUT2D eigenvalue weighted by Gasteiger charge is 2.27. The van der Waals surface area contributed by atoms with Crippen LogP contribution in [0.3, 0.4) is 0 Å². The first-order chi connectivity index (χ1) is 13.2. The van der Waals surface area contributed by atoms with Crippen LogP contribution in [0.15, 0.2) is 28.2 Å². The lowest BCUT2D eigenvalue weighted by Crippen LogP contribution is -2.42. The summed E-state index contributed by atoms with van der Waals surface area (Å²) in [5.74, 6) is -0.617. The number of benzene rings is 1. The number of carbonyl (C=O) groups excluding carboxylic acids is 2. The van der Waals surface area contributed by atoms with E-state index in [-0.39, 0.29) is 11.5 Å². The molecular formula is C19H25ClN4O3S. The van der Waals surface area contributed by atoms with Crippen LogP contribution in [-0.4, -0.2) is 26.7 Å². The molecule has 0 aliphatic rings. The Balaban J connectivity index is 2.51. The van der Waals surface area contributed by atoms with E-state index >= 15 is 0 Å². The number of nitrogens with two attached hydrogens (primary N) is 1. The number of nitrogens with zero attached hydrogens (tertiary/aromatic N) is 2. The first kappa shape index (κ1) is 22.2. The number of amides is 3. The SMILES string of the molecule is CCCCCn1c(S[C@H](C(=O)NC(N)=O)C(C)C)nc2cc(Cl)ccc2c1=O. The van der Waals surface area contributed by atoms with Crippen LogP contribution in [0.5, 0.6) is 0 Å². The summed E-state index contributed by atoms with van der Waals surface area (Å²) >= 11 is 7.21. The van der Waals surface area contributed by atoms with Crippen molar-refractivity contribution < 1.29 is 9.59 Å². The molecule has 2 aromatic rings. The fraction of sp³-hybridized carbons (Fsp3) is 0.474. The van der Waals surface area contributed by atoms with E-state index in [2.05, 4.69) is 17.2 Å². The molecule has 7 nitrogen and oxygen atoms in total. The Bertz CT molecular complexity index is 929. The molecule has 1 aromatic heterocycles. The second kappa shape index (κ2) is 9.93. The normalized spacial score (nSPS) is 12.3. The molecule has 1 heterocycles. The third kappa shape index (κ3) is 5.48. The molecule has 0 saturated carbocycles. The van der Waals surface area contributed by atoms with Crippen molar-refractivity contribution in [1.29, 1.82) is 0 Å². The first-order valence-corrected chi connectivity index (χ1v) is 10.5. The molecule has 28 heavy (non-hydrogen) atoms. The number of urea groups is 1. The molecule has 0 fully saturated rings. The van der Waals surface area contributed by atoms with Crippen molar-refractivity contribution >= 4 is 46.2 Å². The Morgan fingerprint density at radius 2 is 2.04 bits per heavy atom. The highest BCUT2D eigenvalue weighted by atomic mass is 35.5. The molecular weight excluding hydrogens is 400 g/mol. The molecule has 2 rings (SSSR count). The van der Waals surface area contributed by atoms with Gasteiger partial charge in [-0.3, -0.25) is 19.5 Å². The fourth-order valence-electron chi connectivity index (χ4n) is 2.78. The summed E-state index contributed by atoms with van der Waals surface area (Å²) < 4.78 is 1.60. The lowest BCUT2D eigenvalue weighted by atomic mass is 10.1. The molecule has 0 unspecified atom stereocenters. The average Bonchev–Trinajstić information content (AvgIpc) is 2.60. The van der Waals surface area contributed by atoms with Gasteiger partial charge in [0, 0.05) is 11.6 Å². The number of unbranched alkanes of at least 4 members (excludes halogenated alkanes) is 2. The predicted octanol–water partition coefficient (Wildman–Crippen LogP) is 3.55. The van der Waals surface area contributed by atoms with Crippen molar-refractivity contribution in [3.63, 3.8) is 0 Å². The molecule has 0 saturated heterocycles. The van der Waals surface area contributed by atoms with E-state index < -0.39 is 17.2 Å². The quantitative estimate of drug-likeness (QED) is 0.382. The second-order valence-corrected chi connectivity index (χ2v) is 8.40. The number of hydrogen-bond acceptors (Lipinski definition) is 5. The number of fused-ring (bicyclic) bond motifs is 1. The minimum absolute atomic E-state index is 0.111. The number of carbonyl (C=O) groups is 2. The van der Waals surface area contributed by atoms with E-state index in [9.17, 15) is 14.4 Å². The third-order valence-electron chi connectivity index (χ3n) is 4.21. The second-order valence-electron chi connectivity index (χ2n) is 6.86. The van der Waals surface area contributed by atoms with Gasteiger partial charge in [-0.2, -0.15) is 0 Å². The maximum atomic E-state index is 13.0. The standard InChI is InChI=1S/C19H25ClN4O3S/c1-4-5-6-9-24-17(26)13-8-7-12(20)10-14(13)22-19(24)28-15(11(2)3)16(25)23-18(21)27/h7-8,10-11,15H,4-6,9H2,1-3H3,(H3,21,23,25,27)/t15-/m0/s1. The fourth-order valence-corrected chi connectivity index (χ4v) is 4.06. The lowest BCUT2D eigenvalue weighted by molar-refractivity contribution is -0.120. The highest BCUT2D eigenvalue weighted by molar-refractivity contribution is 8.00. The molecule has 0 aliphatic heterocycles.